The molecule has 18 heavy (non-hydrogen) atoms. The van der Waals surface area contributed by atoms with Crippen molar-refractivity contribution in [1.82, 2.24) is 0 Å². The number of hydrogen-bond acceptors (Lipinski definition) is 1. The van der Waals surface area contributed by atoms with E-state index in [2.05, 4.69) is 28.9 Å². The Hall–Kier alpha value is -0.990. The van der Waals surface area contributed by atoms with Crippen LogP contribution in [0.4, 0.5) is 0 Å². The van der Waals surface area contributed by atoms with E-state index in [0.29, 0.717) is 6.61 Å². The topological polar surface area (TPSA) is 9.23 Å². The van der Waals surface area contributed by atoms with Crippen LogP contribution in [0.2, 0.25) is 5.02 Å². The van der Waals surface area contributed by atoms with Gasteiger partial charge in [0.05, 0.1) is 0 Å². The number of para-hydroxylation sites is 1. The number of rotatable bonds is 4. The SMILES string of the molecule is CCc1ccccc1OCc1ccc(Br)cc1Cl. The summed E-state index contributed by atoms with van der Waals surface area (Å²) in [6.45, 7) is 2.61. The summed E-state index contributed by atoms with van der Waals surface area (Å²) in [5.41, 5.74) is 2.21. The van der Waals surface area contributed by atoms with Crippen LogP contribution in [0.3, 0.4) is 0 Å². The third kappa shape index (κ3) is 3.27. The summed E-state index contributed by atoms with van der Waals surface area (Å²) in [5.74, 6) is 0.930. The standard InChI is InChI=1S/C15H14BrClO/c1-2-11-5-3-4-6-15(11)18-10-12-7-8-13(16)9-14(12)17/h3-9H,2,10H2,1H3. The maximum absolute atomic E-state index is 6.16. The van der Waals surface area contributed by atoms with Crippen molar-refractivity contribution in [3.05, 3.63) is 63.1 Å². The predicted octanol–water partition coefficient (Wildman–Crippen LogP) is 5.24. The molecular formula is C15H14BrClO. The number of halogens is 2. The highest BCUT2D eigenvalue weighted by Crippen LogP contribution is 2.24. The van der Waals surface area contributed by atoms with Gasteiger partial charge in [0, 0.05) is 15.1 Å². The van der Waals surface area contributed by atoms with Crippen LogP contribution >= 0.6 is 27.5 Å². The zero-order chi connectivity index (χ0) is 13.0. The lowest BCUT2D eigenvalue weighted by atomic mass is 10.1. The summed E-state index contributed by atoms with van der Waals surface area (Å²) in [5, 5.41) is 0.721. The minimum absolute atomic E-state index is 0.489. The van der Waals surface area contributed by atoms with Gasteiger partial charge in [0.1, 0.15) is 12.4 Å². The molecule has 1 nitrogen and oxygen atoms in total. The molecule has 0 aliphatic rings. The summed E-state index contributed by atoms with van der Waals surface area (Å²) in [6, 6.07) is 13.9. The summed E-state index contributed by atoms with van der Waals surface area (Å²) < 4.78 is 6.81. The molecule has 2 aromatic rings. The molecule has 0 fully saturated rings. The van der Waals surface area contributed by atoms with Gasteiger partial charge < -0.3 is 4.74 Å². The van der Waals surface area contributed by atoms with E-state index in [1.807, 2.05) is 36.4 Å². The molecule has 0 aliphatic carbocycles. The molecule has 0 heterocycles. The molecule has 3 heteroatoms. The lowest BCUT2D eigenvalue weighted by Crippen LogP contribution is -1.98. The van der Waals surface area contributed by atoms with E-state index in [1.165, 1.54) is 5.56 Å². The number of benzene rings is 2. The van der Waals surface area contributed by atoms with E-state index in [9.17, 15) is 0 Å². The van der Waals surface area contributed by atoms with Crippen molar-refractivity contribution >= 4 is 27.5 Å². The average molecular weight is 326 g/mol. The highest BCUT2D eigenvalue weighted by Gasteiger charge is 2.04. The lowest BCUT2D eigenvalue weighted by Gasteiger charge is -2.11. The van der Waals surface area contributed by atoms with Crippen LogP contribution < -0.4 is 4.74 Å². The van der Waals surface area contributed by atoms with Crippen molar-refractivity contribution in [2.45, 2.75) is 20.0 Å². The van der Waals surface area contributed by atoms with Crippen LogP contribution in [0.5, 0.6) is 5.75 Å². The van der Waals surface area contributed by atoms with Gasteiger partial charge in [-0.15, -0.1) is 0 Å². The Bertz CT molecular complexity index is 540. The van der Waals surface area contributed by atoms with E-state index in [1.54, 1.807) is 0 Å². The first kappa shape index (κ1) is 13.4. The predicted molar refractivity (Wildman–Crippen MR) is 79.3 cm³/mol. The van der Waals surface area contributed by atoms with Crippen LogP contribution in [0.1, 0.15) is 18.1 Å². The number of aryl methyl sites for hydroxylation is 1. The van der Waals surface area contributed by atoms with Gasteiger partial charge in [-0.3, -0.25) is 0 Å². The van der Waals surface area contributed by atoms with Crippen molar-refractivity contribution < 1.29 is 4.74 Å². The smallest absolute Gasteiger partial charge is 0.122 e. The van der Waals surface area contributed by atoms with Gasteiger partial charge in [0.25, 0.3) is 0 Å². The molecular weight excluding hydrogens is 312 g/mol. The van der Waals surface area contributed by atoms with Crippen molar-refractivity contribution in [2.75, 3.05) is 0 Å². The normalized spacial score (nSPS) is 10.4. The second kappa shape index (κ2) is 6.26. The Morgan fingerprint density at radius 2 is 1.89 bits per heavy atom. The monoisotopic (exact) mass is 324 g/mol. The average Bonchev–Trinajstić information content (AvgIpc) is 2.38. The minimum Gasteiger partial charge on any atom is -0.489 e. The quantitative estimate of drug-likeness (QED) is 0.746. The Kier molecular flexibility index (Phi) is 4.67. The fraction of sp³-hybridized carbons (Fsp3) is 0.200. The molecule has 0 aromatic heterocycles. The molecule has 0 spiro atoms. The fourth-order valence-corrected chi connectivity index (χ4v) is 2.46. The van der Waals surface area contributed by atoms with Crippen LogP contribution in [0, 0.1) is 0 Å². The molecule has 0 N–H and O–H groups in total. The summed E-state index contributed by atoms with van der Waals surface area (Å²) in [4.78, 5) is 0. The van der Waals surface area contributed by atoms with Gasteiger partial charge in [0.2, 0.25) is 0 Å². The lowest BCUT2D eigenvalue weighted by molar-refractivity contribution is 0.303. The Balaban J connectivity index is 2.11. The maximum atomic E-state index is 6.16. The first-order valence-corrected chi connectivity index (χ1v) is 7.02. The van der Waals surface area contributed by atoms with Gasteiger partial charge in [-0.1, -0.05) is 58.7 Å². The van der Waals surface area contributed by atoms with Gasteiger partial charge in [-0.25, -0.2) is 0 Å². The molecule has 0 unspecified atom stereocenters. The molecule has 2 rings (SSSR count). The minimum atomic E-state index is 0.489. The van der Waals surface area contributed by atoms with Crippen LogP contribution in [0.15, 0.2) is 46.9 Å². The van der Waals surface area contributed by atoms with Gasteiger partial charge in [0.15, 0.2) is 0 Å². The zero-order valence-corrected chi connectivity index (χ0v) is 12.5. The molecule has 94 valence electrons. The molecule has 2 aromatic carbocycles. The van der Waals surface area contributed by atoms with Gasteiger partial charge in [-0.05, 0) is 30.2 Å². The second-order valence-electron chi connectivity index (χ2n) is 3.99. The van der Waals surface area contributed by atoms with E-state index in [4.69, 9.17) is 16.3 Å². The molecule has 0 amide bonds. The van der Waals surface area contributed by atoms with Crippen molar-refractivity contribution in [2.24, 2.45) is 0 Å². The highest BCUT2D eigenvalue weighted by atomic mass is 79.9. The van der Waals surface area contributed by atoms with Crippen molar-refractivity contribution in [3.8, 4) is 5.75 Å². The largest absolute Gasteiger partial charge is 0.489 e. The van der Waals surface area contributed by atoms with E-state index in [0.717, 1.165) is 27.2 Å². The fourth-order valence-electron chi connectivity index (χ4n) is 1.73. The molecule has 0 saturated heterocycles. The Labute approximate surface area is 121 Å². The van der Waals surface area contributed by atoms with Crippen molar-refractivity contribution in [1.29, 1.82) is 0 Å². The molecule has 0 radical (unpaired) electrons. The summed E-state index contributed by atoms with van der Waals surface area (Å²) in [6.07, 6.45) is 0.963. The third-order valence-corrected chi connectivity index (χ3v) is 3.60. The number of hydrogen-bond donors (Lipinski definition) is 0. The zero-order valence-electron chi connectivity index (χ0n) is 10.1. The number of ether oxygens (including phenoxy) is 1. The first-order chi connectivity index (χ1) is 8.70. The van der Waals surface area contributed by atoms with E-state index >= 15 is 0 Å². The first-order valence-electron chi connectivity index (χ1n) is 5.85. The Morgan fingerprint density at radius 1 is 1.11 bits per heavy atom. The van der Waals surface area contributed by atoms with Crippen LogP contribution in [-0.4, -0.2) is 0 Å². The molecule has 0 atom stereocenters. The maximum Gasteiger partial charge on any atom is 0.122 e. The third-order valence-electron chi connectivity index (χ3n) is 2.75. The van der Waals surface area contributed by atoms with Gasteiger partial charge in [-0.2, -0.15) is 0 Å². The molecule has 0 aliphatic heterocycles. The second-order valence-corrected chi connectivity index (χ2v) is 5.31. The van der Waals surface area contributed by atoms with Crippen LogP contribution in [0.25, 0.3) is 0 Å². The summed E-state index contributed by atoms with van der Waals surface area (Å²) in [7, 11) is 0. The summed E-state index contributed by atoms with van der Waals surface area (Å²) >= 11 is 9.55. The van der Waals surface area contributed by atoms with Crippen LogP contribution in [-0.2, 0) is 13.0 Å². The highest BCUT2D eigenvalue weighted by molar-refractivity contribution is 9.10. The van der Waals surface area contributed by atoms with Gasteiger partial charge >= 0.3 is 0 Å². The van der Waals surface area contributed by atoms with E-state index in [-0.39, 0.29) is 0 Å². The van der Waals surface area contributed by atoms with E-state index < -0.39 is 0 Å². The Morgan fingerprint density at radius 3 is 2.61 bits per heavy atom. The molecule has 0 bridgehead atoms. The van der Waals surface area contributed by atoms with Crippen molar-refractivity contribution in [3.63, 3.8) is 0 Å². The molecule has 0 saturated carbocycles.